The molecule has 0 aliphatic rings. The molecule has 6 nitrogen and oxygen atoms in total. The first-order valence-electron chi connectivity index (χ1n) is 7.96. The molecule has 3 aromatic rings. The Hall–Kier alpha value is -2.07. The first-order valence-corrected chi connectivity index (χ1v) is 8.84. The number of nitrogens with zero attached hydrogens (tertiary/aromatic N) is 2. The Balaban J connectivity index is 0.00000243. The topological polar surface area (TPSA) is 71.7 Å². The third-order valence-corrected chi connectivity index (χ3v) is 4.21. The second-order valence-corrected chi connectivity index (χ2v) is 6.08. The number of hydrogen-bond acceptors (Lipinski definition) is 5. The van der Waals surface area contributed by atoms with E-state index in [-0.39, 0.29) is 24.0 Å². The van der Waals surface area contributed by atoms with Gasteiger partial charge in [0.1, 0.15) is 18.6 Å². The summed E-state index contributed by atoms with van der Waals surface area (Å²) in [6, 6.07) is 13.7. The molecule has 138 valence electrons. The van der Waals surface area contributed by atoms with Crippen LogP contribution in [0, 0.1) is 0 Å². The molecule has 0 spiro atoms. The highest BCUT2D eigenvalue weighted by atomic mass is 127. The lowest BCUT2D eigenvalue weighted by Gasteiger charge is -2.11. The fourth-order valence-corrected chi connectivity index (χ4v) is 2.81. The van der Waals surface area contributed by atoms with E-state index in [0.717, 1.165) is 16.3 Å². The lowest BCUT2D eigenvalue weighted by molar-refractivity contribution is 0.322. The zero-order chi connectivity index (χ0) is 17.3. The van der Waals surface area contributed by atoms with Crippen molar-refractivity contribution in [2.45, 2.75) is 6.54 Å². The van der Waals surface area contributed by atoms with Gasteiger partial charge in [0.2, 0.25) is 5.89 Å². The standard InChI is InChI=1S/C18H20N4O2S.HI/c1-19-18(20-9-10-23-15-6-3-2-4-7-15)21-12-14-13-24-17(22-14)16-8-5-11-25-16;/h2-8,11,13H,9-10,12H2,1H3,(H2,19,20,21);1H. The molecule has 0 fully saturated rings. The third kappa shape index (κ3) is 6.03. The van der Waals surface area contributed by atoms with Crippen LogP contribution in [0.3, 0.4) is 0 Å². The van der Waals surface area contributed by atoms with Gasteiger partial charge >= 0.3 is 0 Å². The molecule has 0 aliphatic heterocycles. The summed E-state index contributed by atoms with van der Waals surface area (Å²) < 4.78 is 11.1. The first-order chi connectivity index (χ1) is 12.3. The molecule has 26 heavy (non-hydrogen) atoms. The van der Waals surface area contributed by atoms with Crippen molar-refractivity contribution in [3.05, 3.63) is 59.8 Å². The quantitative estimate of drug-likeness (QED) is 0.231. The number of nitrogens with one attached hydrogen (secondary N) is 2. The van der Waals surface area contributed by atoms with E-state index in [1.807, 2.05) is 47.8 Å². The van der Waals surface area contributed by atoms with Gasteiger partial charge in [0.25, 0.3) is 0 Å². The molecule has 0 aliphatic carbocycles. The van der Waals surface area contributed by atoms with E-state index in [1.54, 1.807) is 24.6 Å². The van der Waals surface area contributed by atoms with Gasteiger partial charge in [-0.2, -0.15) is 0 Å². The van der Waals surface area contributed by atoms with Crippen molar-refractivity contribution in [2.24, 2.45) is 4.99 Å². The molecule has 2 heterocycles. The van der Waals surface area contributed by atoms with Crippen LogP contribution in [0.1, 0.15) is 5.69 Å². The Labute approximate surface area is 173 Å². The molecule has 8 heteroatoms. The van der Waals surface area contributed by atoms with Crippen LogP contribution < -0.4 is 15.4 Å². The summed E-state index contributed by atoms with van der Waals surface area (Å²) in [6.07, 6.45) is 1.66. The molecule has 0 unspecified atom stereocenters. The van der Waals surface area contributed by atoms with Crippen LogP contribution in [0.25, 0.3) is 10.8 Å². The monoisotopic (exact) mass is 484 g/mol. The fraction of sp³-hybridized carbons (Fsp3) is 0.222. The number of thiophene rings is 1. The molecular weight excluding hydrogens is 463 g/mol. The Morgan fingerprint density at radius 2 is 2.04 bits per heavy atom. The number of rotatable bonds is 7. The lowest BCUT2D eigenvalue weighted by Crippen LogP contribution is -2.38. The van der Waals surface area contributed by atoms with Crippen LogP contribution in [0.15, 0.2) is 63.5 Å². The predicted molar refractivity (Wildman–Crippen MR) is 115 cm³/mol. The van der Waals surface area contributed by atoms with Crippen molar-refractivity contribution >= 4 is 41.3 Å². The fourth-order valence-electron chi connectivity index (χ4n) is 2.15. The molecule has 2 N–H and O–H groups in total. The minimum atomic E-state index is 0. The van der Waals surface area contributed by atoms with Crippen LogP contribution >= 0.6 is 35.3 Å². The van der Waals surface area contributed by atoms with Crippen LogP contribution in [-0.4, -0.2) is 31.1 Å². The molecule has 0 radical (unpaired) electrons. The largest absolute Gasteiger partial charge is 0.492 e. The van der Waals surface area contributed by atoms with Crippen molar-refractivity contribution < 1.29 is 9.15 Å². The number of benzene rings is 1. The van der Waals surface area contributed by atoms with Gasteiger partial charge in [0.15, 0.2) is 5.96 Å². The number of guanidine groups is 1. The number of aliphatic imine (C=N–C) groups is 1. The zero-order valence-electron chi connectivity index (χ0n) is 14.3. The summed E-state index contributed by atoms with van der Waals surface area (Å²) >= 11 is 1.60. The molecule has 3 rings (SSSR count). The zero-order valence-corrected chi connectivity index (χ0v) is 17.5. The van der Waals surface area contributed by atoms with Gasteiger partial charge in [-0.15, -0.1) is 35.3 Å². The summed E-state index contributed by atoms with van der Waals surface area (Å²) in [7, 11) is 1.73. The maximum atomic E-state index is 5.64. The van der Waals surface area contributed by atoms with Gasteiger partial charge in [0, 0.05) is 7.05 Å². The van der Waals surface area contributed by atoms with Crippen LogP contribution in [0.5, 0.6) is 5.75 Å². The van der Waals surface area contributed by atoms with Gasteiger partial charge in [-0.25, -0.2) is 4.98 Å². The maximum absolute atomic E-state index is 5.64. The molecule has 1 aromatic carbocycles. The van der Waals surface area contributed by atoms with E-state index in [9.17, 15) is 0 Å². The van der Waals surface area contributed by atoms with Crippen molar-refractivity contribution in [3.63, 3.8) is 0 Å². The van der Waals surface area contributed by atoms with Gasteiger partial charge in [-0.1, -0.05) is 24.3 Å². The van der Waals surface area contributed by atoms with E-state index < -0.39 is 0 Å². The number of hydrogen-bond donors (Lipinski definition) is 2. The summed E-state index contributed by atoms with van der Waals surface area (Å²) in [6.45, 7) is 1.74. The van der Waals surface area contributed by atoms with Crippen LogP contribution in [0.4, 0.5) is 0 Å². The van der Waals surface area contributed by atoms with E-state index >= 15 is 0 Å². The maximum Gasteiger partial charge on any atom is 0.236 e. The highest BCUT2D eigenvalue weighted by molar-refractivity contribution is 14.0. The van der Waals surface area contributed by atoms with E-state index in [2.05, 4.69) is 20.6 Å². The number of oxazole rings is 1. The van der Waals surface area contributed by atoms with Gasteiger partial charge in [-0.3, -0.25) is 4.99 Å². The Morgan fingerprint density at radius 1 is 1.19 bits per heavy atom. The van der Waals surface area contributed by atoms with Gasteiger partial charge in [-0.05, 0) is 23.6 Å². The average Bonchev–Trinajstić information content (AvgIpc) is 3.33. The molecular formula is C18H21IN4O2S. The first kappa shape index (κ1) is 20.2. The van der Waals surface area contributed by atoms with E-state index in [4.69, 9.17) is 9.15 Å². The van der Waals surface area contributed by atoms with Crippen LogP contribution in [-0.2, 0) is 6.54 Å². The third-order valence-electron chi connectivity index (χ3n) is 3.35. The molecule has 0 bridgehead atoms. The normalized spacial score (nSPS) is 10.9. The van der Waals surface area contributed by atoms with Crippen molar-refractivity contribution in [1.82, 2.24) is 15.6 Å². The van der Waals surface area contributed by atoms with Crippen molar-refractivity contribution in [3.8, 4) is 16.5 Å². The molecule has 0 saturated carbocycles. The average molecular weight is 484 g/mol. The highest BCUT2D eigenvalue weighted by Crippen LogP contribution is 2.23. The van der Waals surface area contributed by atoms with Gasteiger partial charge < -0.3 is 19.8 Å². The summed E-state index contributed by atoms with van der Waals surface area (Å²) in [5.41, 5.74) is 0.826. The molecule has 0 amide bonds. The molecule has 0 saturated heterocycles. The Bertz CT molecular complexity index is 791. The Morgan fingerprint density at radius 3 is 2.77 bits per heavy atom. The summed E-state index contributed by atoms with van der Waals surface area (Å²) in [5, 5.41) is 8.41. The van der Waals surface area contributed by atoms with E-state index in [0.29, 0.717) is 31.5 Å². The van der Waals surface area contributed by atoms with E-state index in [1.165, 1.54) is 0 Å². The minimum absolute atomic E-state index is 0. The SMILES string of the molecule is CN=C(NCCOc1ccccc1)NCc1coc(-c2cccs2)n1.I. The second-order valence-electron chi connectivity index (χ2n) is 5.14. The van der Waals surface area contributed by atoms with Crippen molar-refractivity contribution in [1.29, 1.82) is 0 Å². The molecule has 2 aromatic heterocycles. The second kappa shape index (κ2) is 10.8. The summed E-state index contributed by atoms with van der Waals surface area (Å²) in [4.78, 5) is 9.68. The Kier molecular flexibility index (Phi) is 8.42. The van der Waals surface area contributed by atoms with Crippen LogP contribution in [0.2, 0.25) is 0 Å². The number of ether oxygens (including phenoxy) is 1. The van der Waals surface area contributed by atoms with Crippen molar-refractivity contribution in [2.75, 3.05) is 20.2 Å². The number of para-hydroxylation sites is 1. The lowest BCUT2D eigenvalue weighted by atomic mass is 10.3. The number of aromatic nitrogens is 1. The van der Waals surface area contributed by atoms with Gasteiger partial charge in [0.05, 0.1) is 23.7 Å². The molecule has 0 atom stereocenters. The smallest absolute Gasteiger partial charge is 0.236 e. The minimum Gasteiger partial charge on any atom is -0.492 e. The number of halogens is 1. The predicted octanol–water partition coefficient (Wildman–Crippen LogP) is 3.77. The highest BCUT2D eigenvalue weighted by Gasteiger charge is 2.08. The summed E-state index contributed by atoms with van der Waals surface area (Å²) in [5.74, 6) is 2.19.